The molecule has 0 N–H and O–H groups in total. The van der Waals surface area contributed by atoms with E-state index in [2.05, 4.69) is 59.3 Å². The second-order valence-electron chi connectivity index (χ2n) is 5.98. The third-order valence-electron chi connectivity index (χ3n) is 3.83. The third-order valence-corrected chi connectivity index (χ3v) is 4.68. The highest BCUT2D eigenvalue weighted by molar-refractivity contribution is 14.1. The first-order valence-corrected chi connectivity index (χ1v) is 9.92. The summed E-state index contributed by atoms with van der Waals surface area (Å²) in [6.07, 6.45) is 3.05. The highest BCUT2D eigenvalue weighted by atomic mass is 127. The van der Waals surface area contributed by atoms with Crippen molar-refractivity contribution in [2.75, 3.05) is 13.1 Å². The maximum absolute atomic E-state index is 6.11. The van der Waals surface area contributed by atoms with E-state index in [1.54, 1.807) is 0 Å². The van der Waals surface area contributed by atoms with Crippen molar-refractivity contribution in [3.05, 3.63) is 50.1 Å². The summed E-state index contributed by atoms with van der Waals surface area (Å²) in [6, 6.07) is 9.80. The average molecular weight is 471 g/mol. The van der Waals surface area contributed by atoms with E-state index in [1.165, 1.54) is 0 Å². The minimum atomic E-state index is 0.674. The molecule has 0 aliphatic carbocycles. The first-order valence-electron chi connectivity index (χ1n) is 8.46. The molecule has 0 unspecified atom stereocenters. The van der Waals surface area contributed by atoms with E-state index < -0.39 is 0 Å². The van der Waals surface area contributed by atoms with Crippen LogP contribution in [0.2, 0.25) is 5.02 Å². The van der Waals surface area contributed by atoms with Crippen LogP contribution < -0.4 is 4.74 Å². The van der Waals surface area contributed by atoms with E-state index in [0.29, 0.717) is 5.02 Å². The molecular weight excluding hydrogens is 447 g/mol. The topological polar surface area (TPSA) is 24.8 Å². The summed E-state index contributed by atoms with van der Waals surface area (Å²) >= 11 is 8.35. The Balaban J connectivity index is 2.23. The molecule has 3 nitrogen and oxygen atoms in total. The molecule has 0 spiro atoms. The molecule has 0 fully saturated rings. The van der Waals surface area contributed by atoms with Gasteiger partial charge in [0.25, 0.3) is 0 Å². The van der Waals surface area contributed by atoms with Crippen molar-refractivity contribution < 1.29 is 4.74 Å². The molecule has 0 aliphatic heterocycles. The Hall–Kier alpha value is -1.27. The summed E-state index contributed by atoms with van der Waals surface area (Å²) in [5.74, 6) is 1.58. The molecule has 5 heteroatoms. The summed E-state index contributed by atoms with van der Waals surface area (Å²) in [4.78, 5) is 6.87. The molecule has 2 aromatic rings. The van der Waals surface area contributed by atoms with Crippen molar-refractivity contribution in [3.63, 3.8) is 0 Å². The Morgan fingerprint density at radius 1 is 1.12 bits per heavy atom. The molecule has 0 amide bonds. The third kappa shape index (κ3) is 5.89. The first-order chi connectivity index (χ1) is 11.9. The molecule has 25 heavy (non-hydrogen) atoms. The van der Waals surface area contributed by atoms with Gasteiger partial charge < -0.3 is 9.64 Å². The Bertz CT molecular complexity index is 741. The van der Waals surface area contributed by atoms with Crippen LogP contribution in [0.1, 0.15) is 31.4 Å². The van der Waals surface area contributed by atoms with Crippen LogP contribution >= 0.6 is 34.2 Å². The van der Waals surface area contributed by atoms with Crippen molar-refractivity contribution in [1.29, 1.82) is 0 Å². The lowest BCUT2D eigenvalue weighted by Gasteiger charge is -2.16. The fraction of sp³-hybridized carbons (Fsp3) is 0.350. The molecule has 0 aliphatic rings. The highest BCUT2D eigenvalue weighted by Crippen LogP contribution is 2.33. The van der Waals surface area contributed by atoms with E-state index in [4.69, 9.17) is 16.3 Å². The van der Waals surface area contributed by atoms with E-state index >= 15 is 0 Å². The van der Waals surface area contributed by atoms with Gasteiger partial charge in [0.15, 0.2) is 0 Å². The van der Waals surface area contributed by atoms with Gasteiger partial charge in [0.05, 0.1) is 12.0 Å². The van der Waals surface area contributed by atoms with Crippen LogP contribution in [0.15, 0.2) is 35.3 Å². The van der Waals surface area contributed by atoms with Gasteiger partial charge in [-0.25, -0.2) is 4.99 Å². The molecular formula is C20H24ClIN2O. The standard InChI is InChI=1S/C20H24ClIN2O/c1-5-7-24(6-2)13-23-19-8-15(4)20(9-14(19)3)25-18-11-16(21)10-17(22)12-18/h8-13H,5-7H2,1-4H3/b23-13+. The SMILES string of the molecule is CCCN(/C=N/c1cc(C)c(Oc2cc(Cl)cc(I)c2)cc1C)CC. The molecule has 0 saturated heterocycles. The smallest absolute Gasteiger partial charge is 0.130 e. The van der Waals surface area contributed by atoms with Gasteiger partial charge in [0.2, 0.25) is 0 Å². The van der Waals surface area contributed by atoms with Gasteiger partial charge in [0, 0.05) is 21.7 Å². The zero-order valence-corrected chi connectivity index (χ0v) is 18.1. The van der Waals surface area contributed by atoms with Gasteiger partial charge in [-0.15, -0.1) is 0 Å². The zero-order valence-electron chi connectivity index (χ0n) is 15.1. The summed E-state index contributed by atoms with van der Waals surface area (Å²) in [5.41, 5.74) is 3.10. The van der Waals surface area contributed by atoms with Gasteiger partial charge >= 0.3 is 0 Å². The predicted molar refractivity (Wildman–Crippen MR) is 116 cm³/mol. The second kappa shape index (κ2) is 9.43. The van der Waals surface area contributed by atoms with Crippen molar-refractivity contribution in [2.45, 2.75) is 34.1 Å². The van der Waals surface area contributed by atoms with Gasteiger partial charge in [-0.1, -0.05) is 18.5 Å². The van der Waals surface area contributed by atoms with Crippen molar-refractivity contribution >= 4 is 46.2 Å². The van der Waals surface area contributed by atoms with E-state index in [-0.39, 0.29) is 0 Å². The molecule has 0 heterocycles. The quantitative estimate of drug-likeness (QED) is 0.254. The summed E-state index contributed by atoms with van der Waals surface area (Å²) in [5, 5.41) is 0.674. The summed E-state index contributed by atoms with van der Waals surface area (Å²) < 4.78 is 7.09. The van der Waals surface area contributed by atoms with E-state index in [0.717, 1.165) is 51.4 Å². The number of hydrogen-bond acceptors (Lipinski definition) is 2. The molecule has 2 aromatic carbocycles. The lowest BCUT2D eigenvalue weighted by atomic mass is 10.1. The Kier molecular flexibility index (Phi) is 7.56. The van der Waals surface area contributed by atoms with E-state index in [9.17, 15) is 0 Å². The molecule has 0 bridgehead atoms. The highest BCUT2D eigenvalue weighted by Gasteiger charge is 2.08. The lowest BCUT2D eigenvalue weighted by Crippen LogP contribution is -2.21. The Morgan fingerprint density at radius 2 is 1.88 bits per heavy atom. The van der Waals surface area contributed by atoms with Crippen LogP contribution in [0, 0.1) is 17.4 Å². The van der Waals surface area contributed by atoms with Crippen LogP contribution in [0.3, 0.4) is 0 Å². The lowest BCUT2D eigenvalue weighted by molar-refractivity contribution is 0.452. The predicted octanol–water partition coefficient (Wildman–Crippen LogP) is 6.75. The molecule has 134 valence electrons. The first kappa shape index (κ1) is 20.0. The fourth-order valence-corrected chi connectivity index (χ4v) is 3.52. The number of rotatable bonds is 7. The van der Waals surface area contributed by atoms with E-state index in [1.807, 2.05) is 37.5 Å². The van der Waals surface area contributed by atoms with Gasteiger partial charge in [-0.3, -0.25) is 0 Å². The van der Waals surface area contributed by atoms with Crippen molar-refractivity contribution in [2.24, 2.45) is 4.99 Å². The van der Waals surface area contributed by atoms with Crippen LogP contribution in [0.25, 0.3) is 0 Å². The normalized spacial score (nSPS) is 11.1. The maximum Gasteiger partial charge on any atom is 0.130 e. The molecule has 0 atom stereocenters. The molecule has 2 rings (SSSR count). The molecule has 0 aromatic heterocycles. The number of halogens is 2. The Morgan fingerprint density at radius 3 is 2.52 bits per heavy atom. The fourth-order valence-electron chi connectivity index (χ4n) is 2.47. The minimum Gasteiger partial charge on any atom is -0.457 e. The largest absolute Gasteiger partial charge is 0.457 e. The van der Waals surface area contributed by atoms with Gasteiger partial charge in [0.1, 0.15) is 11.5 Å². The number of ether oxygens (including phenoxy) is 1. The zero-order chi connectivity index (χ0) is 18.4. The molecule has 0 saturated carbocycles. The molecule has 0 radical (unpaired) electrons. The summed E-state index contributed by atoms with van der Waals surface area (Å²) in [6.45, 7) is 10.4. The van der Waals surface area contributed by atoms with Crippen LogP contribution in [-0.2, 0) is 0 Å². The second-order valence-corrected chi connectivity index (χ2v) is 7.67. The average Bonchev–Trinajstić information content (AvgIpc) is 2.54. The number of nitrogens with zero attached hydrogens (tertiary/aromatic N) is 2. The number of aryl methyl sites for hydroxylation is 2. The van der Waals surface area contributed by atoms with Crippen molar-refractivity contribution in [1.82, 2.24) is 4.90 Å². The van der Waals surface area contributed by atoms with Crippen LogP contribution in [-0.4, -0.2) is 24.3 Å². The number of hydrogen-bond donors (Lipinski definition) is 0. The Labute approximate surface area is 169 Å². The maximum atomic E-state index is 6.11. The van der Waals surface area contributed by atoms with Gasteiger partial charge in [-0.05, 0) is 91.2 Å². The minimum absolute atomic E-state index is 0.674. The number of benzene rings is 2. The van der Waals surface area contributed by atoms with Crippen molar-refractivity contribution in [3.8, 4) is 11.5 Å². The van der Waals surface area contributed by atoms with Gasteiger partial charge in [-0.2, -0.15) is 0 Å². The summed E-state index contributed by atoms with van der Waals surface area (Å²) in [7, 11) is 0. The van der Waals surface area contributed by atoms with Crippen LogP contribution in [0.4, 0.5) is 5.69 Å². The van der Waals surface area contributed by atoms with Crippen LogP contribution in [0.5, 0.6) is 11.5 Å². The monoisotopic (exact) mass is 470 g/mol. The number of aliphatic imine (C=N–C) groups is 1.